The van der Waals surface area contributed by atoms with Crippen LogP contribution in [0.25, 0.3) is 0 Å². The highest BCUT2D eigenvalue weighted by Gasteiger charge is 2.29. The zero-order chi connectivity index (χ0) is 8.91. The molecule has 0 saturated carbocycles. The van der Waals surface area contributed by atoms with Crippen LogP contribution in [0.4, 0.5) is 0 Å². The van der Waals surface area contributed by atoms with Gasteiger partial charge in [0.05, 0.1) is 0 Å². The highest BCUT2D eigenvalue weighted by Crippen LogP contribution is 2.18. The van der Waals surface area contributed by atoms with Gasteiger partial charge in [0.25, 0.3) is 0 Å². The predicted octanol–water partition coefficient (Wildman–Crippen LogP) is 2.58. The van der Waals surface area contributed by atoms with Crippen LogP contribution in [0.1, 0.15) is 40.0 Å². The summed E-state index contributed by atoms with van der Waals surface area (Å²) in [5.74, 6) is 0. The molecule has 0 spiro atoms. The van der Waals surface area contributed by atoms with E-state index in [-0.39, 0.29) is 5.44 Å². The maximum absolute atomic E-state index is 6.23. The van der Waals surface area contributed by atoms with Crippen LogP contribution in [0.3, 0.4) is 0 Å². The maximum Gasteiger partial charge on any atom is 0.160 e. The second-order valence-electron chi connectivity index (χ2n) is 3.63. The van der Waals surface area contributed by atoms with Crippen LogP contribution >= 0.6 is 0 Å². The molecule has 0 unspecified atom stereocenters. The molecule has 0 amide bonds. The minimum atomic E-state index is 0.0933. The SMILES string of the molecule is CCCB(C)C(N)(CC)CC. The minimum Gasteiger partial charge on any atom is -0.332 e. The van der Waals surface area contributed by atoms with Gasteiger partial charge in [0.2, 0.25) is 0 Å². The van der Waals surface area contributed by atoms with E-state index in [4.69, 9.17) is 5.73 Å². The summed E-state index contributed by atoms with van der Waals surface area (Å²) < 4.78 is 0. The molecule has 1 nitrogen and oxygen atoms in total. The highest BCUT2D eigenvalue weighted by molar-refractivity contribution is 6.61. The van der Waals surface area contributed by atoms with Gasteiger partial charge in [-0.05, 0) is 18.3 Å². The van der Waals surface area contributed by atoms with Gasteiger partial charge in [-0.1, -0.05) is 40.3 Å². The lowest BCUT2D eigenvalue weighted by Gasteiger charge is -2.31. The zero-order valence-corrected chi connectivity index (χ0v) is 8.48. The molecule has 0 aromatic carbocycles. The Hall–Kier alpha value is 0.0249. The minimum absolute atomic E-state index is 0.0933. The standard InChI is InChI=1S/C9H22BN/c1-5-8-10(4)9(11,6-2)7-3/h5-8,11H2,1-4H3. The van der Waals surface area contributed by atoms with E-state index in [9.17, 15) is 0 Å². The first-order chi connectivity index (χ1) is 5.10. The Morgan fingerprint density at radius 1 is 1.18 bits per heavy atom. The molecule has 2 heteroatoms. The van der Waals surface area contributed by atoms with Gasteiger partial charge in [0.1, 0.15) is 0 Å². The molecule has 0 aromatic heterocycles. The molecule has 0 aliphatic rings. The fourth-order valence-corrected chi connectivity index (χ4v) is 1.67. The Bertz CT molecular complexity index is 99.7. The number of rotatable bonds is 5. The molecular formula is C9H22BN. The van der Waals surface area contributed by atoms with Crippen molar-refractivity contribution in [2.24, 2.45) is 5.73 Å². The molecule has 11 heavy (non-hydrogen) atoms. The molecule has 66 valence electrons. The van der Waals surface area contributed by atoms with Gasteiger partial charge in [-0.15, -0.1) is 0 Å². The Morgan fingerprint density at radius 2 is 1.64 bits per heavy atom. The molecule has 0 atom stereocenters. The normalized spacial score (nSPS) is 11.7. The third-order valence-electron chi connectivity index (χ3n) is 3.02. The van der Waals surface area contributed by atoms with Crippen LogP contribution in [-0.4, -0.2) is 12.2 Å². The molecule has 0 fully saturated rings. The summed E-state index contributed by atoms with van der Waals surface area (Å²) >= 11 is 0. The summed E-state index contributed by atoms with van der Waals surface area (Å²) in [5.41, 5.74) is 6.32. The summed E-state index contributed by atoms with van der Waals surface area (Å²) in [4.78, 5) is 0. The second-order valence-corrected chi connectivity index (χ2v) is 3.63. The summed E-state index contributed by atoms with van der Waals surface area (Å²) in [6, 6.07) is 0. The summed E-state index contributed by atoms with van der Waals surface area (Å²) in [6.07, 6.45) is 4.72. The first-order valence-corrected chi connectivity index (χ1v) is 4.89. The Balaban J connectivity index is 4.00. The Labute approximate surface area is 71.8 Å². The smallest absolute Gasteiger partial charge is 0.160 e. The van der Waals surface area contributed by atoms with Crippen molar-refractivity contribution in [3.8, 4) is 0 Å². The van der Waals surface area contributed by atoms with Crippen LogP contribution in [0, 0.1) is 0 Å². The summed E-state index contributed by atoms with van der Waals surface area (Å²) in [5, 5.41) is 0. The summed E-state index contributed by atoms with van der Waals surface area (Å²) in [7, 11) is 0. The van der Waals surface area contributed by atoms with E-state index in [2.05, 4.69) is 27.6 Å². The summed E-state index contributed by atoms with van der Waals surface area (Å²) in [6.45, 7) is 9.55. The topological polar surface area (TPSA) is 26.0 Å². The molecular weight excluding hydrogens is 133 g/mol. The predicted molar refractivity (Wildman–Crippen MR) is 54.2 cm³/mol. The molecule has 0 bridgehead atoms. The van der Waals surface area contributed by atoms with Gasteiger partial charge >= 0.3 is 0 Å². The van der Waals surface area contributed by atoms with Crippen molar-refractivity contribution >= 4 is 6.71 Å². The van der Waals surface area contributed by atoms with Crippen LogP contribution in [0.15, 0.2) is 0 Å². The van der Waals surface area contributed by atoms with Crippen molar-refractivity contribution in [1.29, 1.82) is 0 Å². The van der Waals surface area contributed by atoms with E-state index in [0.717, 1.165) is 12.8 Å². The van der Waals surface area contributed by atoms with Crippen molar-refractivity contribution in [2.75, 3.05) is 0 Å². The Kier molecular flexibility index (Phi) is 4.82. The monoisotopic (exact) mass is 155 g/mol. The number of hydrogen-bond acceptors (Lipinski definition) is 1. The quantitative estimate of drug-likeness (QED) is 0.606. The van der Waals surface area contributed by atoms with Crippen molar-refractivity contribution in [1.82, 2.24) is 0 Å². The molecule has 0 saturated heterocycles. The zero-order valence-electron chi connectivity index (χ0n) is 8.48. The Morgan fingerprint density at radius 3 is 1.91 bits per heavy atom. The second kappa shape index (κ2) is 4.81. The first kappa shape index (κ1) is 11.0. The van der Waals surface area contributed by atoms with Gasteiger partial charge in [0.15, 0.2) is 6.71 Å². The fraction of sp³-hybridized carbons (Fsp3) is 1.00. The van der Waals surface area contributed by atoms with Crippen LogP contribution in [0.5, 0.6) is 0 Å². The van der Waals surface area contributed by atoms with Crippen LogP contribution < -0.4 is 5.73 Å². The van der Waals surface area contributed by atoms with E-state index in [0.29, 0.717) is 6.71 Å². The number of hydrogen-bond donors (Lipinski definition) is 1. The molecule has 2 N–H and O–H groups in total. The van der Waals surface area contributed by atoms with Crippen molar-refractivity contribution in [3.63, 3.8) is 0 Å². The number of nitrogens with two attached hydrogens (primary N) is 1. The van der Waals surface area contributed by atoms with E-state index in [1.54, 1.807) is 0 Å². The van der Waals surface area contributed by atoms with Crippen molar-refractivity contribution < 1.29 is 0 Å². The van der Waals surface area contributed by atoms with E-state index >= 15 is 0 Å². The average Bonchev–Trinajstić information content (AvgIpc) is 2.03. The van der Waals surface area contributed by atoms with Crippen molar-refractivity contribution in [3.05, 3.63) is 0 Å². The molecule has 0 aliphatic carbocycles. The third kappa shape index (κ3) is 2.86. The van der Waals surface area contributed by atoms with Gasteiger partial charge < -0.3 is 5.73 Å². The first-order valence-electron chi connectivity index (χ1n) is 4.89. The molecule has 0 rings (SSSR count). The van der Waals surface area contributed by atoms with E-state index in [1.807, 2.05) is 0 Å². The molecule has 0 aromatic rings. The third-order valence-corrected chi connectivity index (χ3v) is 3.02. The van der Waals surface area contributed by atoms with Gasteiger partial charge in [0, 0.05) is 0 Å². The molecule has 0 radical (unpaired) electrons. The lowest BCUT2D eigenvalue weighted by molar-refractivity contribution is 0.537. The van der Waals surface area contributed by atoms with E-state index < -0.39 is 0 Å². The molecule has 0 aliphatic heterocycles. The highest BCUT2D eigenvalue weighted by atomic mass is 14.7. The van der Waals surface area contributed by atoms with Crippen molar-refractivity contribution in [2.45, 2.75) is 58.6 Å². The van der Waals surface area contributed by atoms with Gasteiger partial charge in [-0.3, -0.25) is 0 Å². The lowest BCUT2D eigenvalue weighted by atomic mass is 9.35. The largest absolute Gasteiger partial charge is 0.332 e. The lowest BCUT2D eigenvalue weighted by Crippen LogP contribution is -2.51. The van der Waals surface area contributed by atoms with E-state index in [1.165, 1.54) is 12.7 Å². The van der Waals surface area contributed by atoms with Crippen LogP contribution in [0.2, 0.25) is 13.1 Å². The van der Waals surface area contributed by atoms with Gasteiger partial charge in [-0.2, -0.15) is 0 Å². The average molecular weight is 155 g/mol. The van der Waals surface area contributed by atoms with Crippen LogP contribution in [-0.2, 0) is 0 Å². The molecule has 0 heterocycles. The van der Waals surface area contributed by atoms with Gasteiger partial charge in [-0.25, -0.2) is 0 Å². The fourth-order valence-electron chi connectivity index (χ4n) is 1.67. The maximum atomic E-state index is 6.23.